The van der Waals surface area contributed by atoms with E-state index in [1.807, 2.05) is 31.3 Å². The molecule has 2 aromatic heterocycles. The molecule has 0 saturated carbocycles. The number of thiazole rings is 1. The molecular weight excluding hydrogens is 282 g/mol. The second-order valence-electron chi connectivity index (χ2n) is 4.34. The minimum Gasteiger partial charge on any atom is -0.368 e. The Bertz CT molecular complexity index is 583. The zero-order valence-electron chi connectivity index (χ0n) is 11.1. The van der Waals surface area contributed by atoms with Gasteiger partial charge in [0.15, 0.2) is 5.82 Å². The molecular formula is C12H16ClN5S. The Kier molecular flexibility index (Phi) is 4.21. The van der Waals surface area contributed by atoms with Crippen molar-refractivity contribution in [3.05, 3.63) is 26.8 Å². The highest BCUT2D eigenvalue weighted by atomic mass is 35.5. The first-order chi connectivity index (χ1) is 8.99. The van der Waals surface area contributed by atoms with E-state index < -0.39 is 0 Å². The van der Waals surface area contributed by atoms with Crippen molar-refractivity contribution in [2.45, 2.75) is 20.3 Å². The molecule has 0 aromatic carbocycles. The van der Waals surface area contributed by atoms with Crippen LogP contribution >= 0.6 is 22.9 Å². The fraction of sp³-hybridized carbons (Fsp3) is 0.417. The number of anilines is 2. The molecule has 0 spiro atoms. The lowest BCUT2D eigenvalue weighted by atomic mass is 10.3. The van der Waals surface area contributed by atoms with Crippen LogP contribution < -0.4 is 10.6 Å². The van der Waals surface area contributed by atoms with E-state index in [2.05, 4.69) is 15.0 Å². The van der Waals surface area contributed by atoms with Gasteiger partial charge >= 0.3 is 0 Å². The van der Waals surface area contributed by atoms with E-state index in [0.29, 0.717) is 16.5 Å². The summed E-state index contributed by atoms with van der Waals surface area (Å²) in [5, 5.41) is 0.553. The molecule has 102 valence electrons. The van der Waals surface area contributed by atoms with E-state index in [0.717, 1.165) is 18.7 Å². The number of hydrogen-bond acceptors (Lipinski definition) is 6. The van der Waals surface area contributed by atoms with Gasteiger partial charge in [0.2, 0.25) is 5.95 Å². The van der Waals surface area contributed by atoms with Crippen LogP contribution in [-0.4, -0.2) is 28.5 Å². The molecule has 0 saturated heterocycles. The van der Waals surface area contributed by atoms with Gasteiger partial charge in [0.05, 0.1) is 16.9 Å². The zero-order valence-corrected chi connectivity index (χ0v) is 12.7. The number of aryl methyl sites for hydroxylation is 2. The Balaban J connectivity index is 2.12. The summed E-state index contributed by atoms with van der Waals surface area (Å²) < 4.78 is 0. The van der Waals surface area contributed by atoms with Gasteiger partial charge in [-0.05, 0) is 13.8 Å². The van der Waals surface area contributed by atoms with Gasteiger partial charge in [0.1, 0.15) is 5.02 Å². The Morgan fingerprint density at radius 3 is 2.68 bits per heavy atom. The minimum absolute atomic E-state index is 0.248. The molecule has 2 rings (SSSR count). The third-order valence-electron chi connectivity index (χ3n) is 2.90. The molecule has 0 aliphatic heterocycles. The van der Waals surface area contributed by atoms with Gasteiger partial charge in [-0.3, -0.25) is 0 Å². The summed E-state index contributed by atoms with van der Waals surface area (Å²) in [6, 6.07) is 0. The maximum atomic E-state index is 6.22. The van der Waals surface area contributed by atoms with Gasteiger partial charge in [-0.25, -0.2) is 9.97 Å². The highest BCUT2D eigenvalue weighted by Gasteiger charge is 2.13. The van der Waals surface area contributed by atoms with E-state index in [9.17, 15) is 0 Å². The van der Waals surface area contributed by atoms with Crippen molar-refractivity contribution in [3.63, 3.8) is 0 Å². The topological polar surface area (TPSA) is 67.9 Å². The summed E-state index contributed by atoms with van der Waals surface area (Å²) in [5.41, 5.74) is 9.32. The first-order valence-electron chi connectivity index (χ1n) is 5.88. The van der Waals surface area contributed by atoms with Crippen molar-refractivity contribution >= 4 is 34.7 Å². The fourth-order valence-corrected chi connectivity index (χ4v) is 2.76. The molecule has 0 radical (unpaired) electrons. The number of nitrogens with two attached hydrogens (primary N) is 1. The molecule has 2 aromatic rings. The molecule has 0 aliphatic carbocycles. The molecule has 5 nitrogen and oxygen atoms in total. The number of rotatable bonds is 4. The van der Waals surface area contributed by atoms with Crippen LogP contribution in [0.25, 0.3) is 0 Å². The largest absolute Gasteiger partial charge is 0.368 e. The predicted octanol–water partition coefficient (Wildman–Crippen LogP) is 2.46. The van der Waals surface area contributed by atoms with Crippen LogP contribution in [-0.2, 0) is 6.42 Å². The molecule has 0 fully saturated rings. The molecule has 19 heavy (non-hydrogen) atoms. The van der Waals surface area contributed by atoms with Crippen LogP contribution in [0.4, 0.5) is 11.8 Å². The first kappa shape index (κ1) is 14.0. The molecule has 0 aliphatic rings. The van der Waals surface area contributed by atoms with Crippen molar-refractivity contribution in [2.75, 3.05) is 24.2 Å². The molecule has 0 unspecified atom stereocenters. The fourth-order valence-electron chi connectivity index (χ4n) is 1.76. The monoisotopic (exact) mass is 297 g/mol. The summed E-state index contributed by atoms with van der Waals surface area (Å²) in [6.45, 7) is 4.65. The summed E-state index contributed by atoms with van der Waals surface area (Å²) in [7, 11) is 1.95. The van der Waals surface area contributed by atoms with Crippen molar-refractivity contribution in [1.82, 2.24) is 15.0 Å². The maximum Gasteiger partial charge on any atom is 0.222 e. The number of aromatic nitrogens is 3. The summed E-state index contributed by atoms with van der Waals surface area (Å²) in [5.74, 6) is 0.923. The van der Waals surface area contributed by atoms with Crippen molar-refractivity contribution < 1.29 is 0 Å². The number of likely N-dealkylation sites (N-methyl/N-ethyl adjacent to an activating group) is 1. The van der Waals surface area contributed by atoms with E-state index in [-0.39, 0.29) is 5.95 Å². The van der Waals surface area contributed by atoms with Gasteiger partial charge in [-0.2, -0.15) is 4.98 Å². The van der Waals surface area contributed by atoms with Crippen LogP contribution in [0.15, 0.2) is 5.51 Å². The van der Waals surface area contributed by atoms with E-state index in [4.69, 9.17) is 17.3 Å². The van der Waals surface area contributed by atoms with Crippen molar-refractivity contribution in [2.24, 2.45) is 0 Å². The molecule has 0 bridgehead atoms. The number of nitrogens with zero attached hydrogens (tertiary/aromatic N) is 4. The van der Waals surface area contributed by atoms with E-state index in [1.54, 1.807) is 11.3 Å². The average Bonchev–Trinajstić information content (AvgIpc) is 2.76. The molecule has 0 atom stereocenters. The van der Waals surface area contributed by atoms with E-state index in [1.165, 1.54) is 4.88 Å². The van der Waals surface area contributed by atoms with Crippen molar-refractivity contribution in [3.8, 4) is 0 Å². The van der Waals surface area contributed by atoms with Gasteiger partial charge in [-0.1, -0.05) is 11.6 Å². The SMILES string of the molecule is Cc1ncsc1CCN(C)c1nc(N)nc(C)c1Cl. The molecule has 7 heteroatoms. The number of nitrogen functional groups attached to an aromatic ring is 1. The Morgan fingerprint density at radius 1 is 1.32 bits per heavy atom. The van der Waals surface area contributed by atoms with Crippen LogP contribution in [0.3, 0.4) is 0 Å². The van der Waals surface area contributed by atoms with E-state index >= 15 is 0 Å². The lowest BCUT2D eigenvalue weighted by molar-refractivity contribution is 0.858. The van der Waals surface area contributed by atoms with Crippen LogP contribution in [0.1, 0.15) is 16.3 Å². The standard InChI is InChI=1S/C12H16ClN5S/c1-7-9(19-6-15-7)4-5-18(3)11-10(13)8(2)16-12(14)17-11/h6H,4-5H2,1-3H3,(H2,14,16,17). The number of halogens is 1. The lowest BCUT2D eigenvalue weighted by Crippen LogP contribution is -2.22. The zero-order chi connectivity index (χ0) is 14.0. The second kappa shape index (κ2) is 5.71. The highest BCUT2D eigenvalue weighted by molar-refractivity contribution is 7.09. The summed E-state index contributed by atoms with van der Waals surface area (Å²) in [6.07, 6.45) is 0.909. The van der Waals surface area contributed by atoms with Crippen LogP contribution in [0, 0.1) is 13.8 Å². The normalized spacial score (nSPS) is 10.7. The number of hydrogen-bond donors (Lipinski definition) is 1. The van der Waals surface area contributed by atoms with Crippen molar-refractivity contribution in [1.29, 1.82) is 0 Å². The summed E-state index contributed by atoms with van der Waals surface area (Å²) in [4.78, 5) is 15.8. The first-order valence-corrected chi connectivity index (χ1v) is 7.14. The smallest absolute Gasteiger partial charge is 0.222 e. The Morgan fingerprint density at radius 2 is 2.05 bits per heavy atom. The van der Waals surface area contributed by atoms with Gasteiger partial charge in [-0.15, -0.1) is 11.3 Å². The minimum atomic E-state index is 0.248. The predicted molar refractivity (Wildman–Crippen MR) is 80.0 cm³/mol. The lowest BCUT2D eigenvalue weighted by Gasteiger charge is -2.19. The molecule has 2 heterocycles. The third kappa shape index (κ3) is 3.13. The van der Waals surface area contributed by atoms with Gasteiger partial charge < -0.3 is 10.6 Å². The summed E-state index contributed by atoms with van der Waals surface area (Å²) >= 11 is 7.89. The van der Waals surface area contributed by atoms with Crippen LogP contribution in [0.5, 0.6) is 0 Å². The Labute approximate surface area is 121 Å². The second-order valence-corrected chi connectivity index (χ2v) is 5.65. The van der Waals surface area contributed by atoms with Gasteiger partial charge in [0, 0.05) is 24.9 Å². The van der Waals surface area contributed by atoms with Gasteiger partial charge in [0.25, 0.3) is 0 Å². The third-order valence-corrected chi connectivity index (χ3v) is 4.33. The van der Waals surface area contributed by atoms with Crippen LogP contribution in [0.2, 0.25) is 5.02 Å². The molecule has 0 amide bonds. The maximum absolute atomic E-state index is 6.22. The Hall–Kier alpha value is -1.40. The molecule has 2 N–H and O–H groups in total. The quantitative estimate of drug-likeness (QED) is 0.939. The average molecular weight is 298 g/mol. The highest BCUT2D eigenvalue weighted by Crippen LogP contribution is 2.26.